The lowest BCUT2D eigenvalue weighted by Crippen LogP contribution is -2.21. The summed E-state index contributed by atoms with van der Waals surface area (Å²) in [6, 6.07) is 18.7. The van der Waals surface area contributed by atoms with Crippen molar-refractivity contribution < 1.29 is 4.74 Å². The van der Waals surface area contributed by atoms with Crippen molar-refractivity contribution in [3.63, 3.8) is 0 Å². The van der Waals surface area contributed by atoms with Gasteiger partial charge in [-0.2, -0.15) is 0 Å². The second-order valence-electron chi connectivity index (χ2n) is 4.81. The standard InChI is InChI=1S/C17H20BrNO/c1-19-11-16(15-8-5-9-17(18)10-15)13-20-12-14-6-3-2-4-7-14/h2-10,16,19H,11-13H2,1H3. The molecule has 1 unspecified atom stereocenters. The molecule has 1 N–H and O–H groups in total. The number of hydrogen-bond acceptors (Lipinski definition) is 2. The SMILES string of the molecule is CNCC(COCc1ccccc1)c1cccc(Br)c1. The van der Waals surface area contributed by atoms with Crippen molar-refractivity contribution in [2.45, 2.75) is 12.5 Å². The van der Waals surface area contributed by atoms with Gasteiger partial charge in [0.15, 0.2) is 0 Å². The molecule has 0 aliphatic carbocycles. The second-order valence-corrected chi connectivity index (χ2v) is 5.73. The zero-order valence-electron chi connectivity index (χ0n) is 11.7. The van der Waals surface area contributed by atoms with Crippen LogP contribution in [0.3, 0.4) is 0 Å². The Labute approximate surface area is 129 Å². The molecule has 20 heavy (non-hydrogen) atoms. The van der Waals surface area contributed by atoms with Crippen molar-refractivity contribution in [2.24, 2.45) is 0 Å². The molecule has 2 rings (SSSR count). The van der Waals surface area contributed by atoms with Gasteiger partial charge < -0.3 is 10.1 Å². The smallest absolute Gasteiger partial charge is 0.0717 e. The van der Waals surface area contributed by atoms with E-state index in [9.17, 15) is 0 Å². The molecule has 0 radical (unpaired) electrons. The van der Waals surface area contributed by atoms with Crippen molar-refractivity contribution in [3.05, 3.63) is 70.2 Å². The van der Waals surface area contributed by atoms with E-state index in [1.54, 1.807) is 0 Å². The summed E-state index contributed by atoms with van der Waals surface area (Å²) >= 11 is 3.53. The third-order valence-electron chi connectivity index (χ3n) is 3.20. The molecular weight excluding hydrogens is 314 g/mol. The lowest BCUT2D eigenvalue weighted by atomic mass is 10.00. The van der Waals surface area contributed by atoms with Crippen LogP contribution in [0.5, 0.6) is 0 Å². The molecule has 0 aromatic heterocycles. The molecule has 106 valence electrons. The number of benzene rings is 2. The van der Waals surface area contributed by atoms with Crippen LogP contribution in [0.25, 0.3) is 0 Å². The van der Waals surface area contributed by atoms with Crippen molar-refractivity contribution >= 4 is 15.9 Å². The number of halogens is 1. The predicted octanol–water partition coefficient (Wildman–Crippen LogP) is 3.97. The van der Waals surface area contributed by atoms with Crippen LogP contribution in [0.1, 0.15) is 17.0 Å². The van der Waals surface area contributed by atoms with Gasteiger partial charge in [-0.05, 0) is 30.3 Å². The van der Waals surface area contributed by atoms with Gasteiger partial charge in [-0.1, -0.05) is 58.4 Å². The molecule has 0 fully saturated rings. The Hall–Kier alpha value is -1.16. The summed E-state index contributed by atoms with van der Waals surface area (Å²) < 4.78 is 6.98. The molecule has 2 aromatic carbocycles. The van der Waals surface area contributed by atoms with Crippen molar-refractivity contribution in [1.29, 1.82) is 0 Å². The van der Waals surface area contributed by atoms with E-state index in [0.717, 1.165) is 11.0 Å². The molecule has 1 atom stereocenters. The Kier molecular flexibility index (Phi) is 6.25. The monoisotopic (exact) mass is 333 g/mol. The fourth-order valence-corrected chi connectivity index (χ4v) is 2.59. The number of hydrogen-bond donors (Lipinski definition) is 1. The van der Waals surface area contributed by atoms with Crippen LogP contribution in [0.4, 0.5) is 0 Å². The lowest BCUT2D eigenvalue weighted by molar-refractivity contribution is 0.107. The average Bonchev–Trinajstić information content (AvgIpc) is 2.47. The van der Waals surface area contributed by atoms with Gasteiger partial charge in [-0.25, -0.2) is 0 Å². The summed E-state index contributed by atoms with van der Waals surface area (Å²) in [7, 11) is 1.97. The first kappa shape index (κ1) is 15.2. The first-order valence-corrected chi connectivity index (χ1v) is 7.60. The maximum absolute atomic E-state index is 5.87. The lowest BCUT2D eigenvalue weighted by Gasteiger charge is -2.17. The van der Waals surface area contributed by atoms with E-state index in [1.165, 1.54) is 11.1 Å². The van der Waals surface area contributed by atoms with Gasteiger partial charge in [0.05, 0.1) is 13.2 Å². The van der Waals surface area contributed by atoms with Gasteiger partial charge in [0, 0.05) is 16.9 Å². The molecule has 0 saturated heterocycles. The number of ether oxygens (including phenoxy) is 1. The molecule has 0 aliphatic rings. The number of nitrogens with one attached hydrogen (secondary N) is 1. The molecule has 0 bridgehead atoms. The second kappa shape index (κ2) is 8.20. The maximum Gasteiger partial charge on any atom is 0.0717 e. The molecule has 3 heteroatoms. The Morgan fingerprint density at radius 1 is 1.10 bits per heavy atom. The molecule has 2 nitrogen and oxygen atoms in total. The van der Waals surface area contributed by atoms with Crippen molar-refractivity contribution in [1.82, 2.24) is 5.32 Å². The topological polar surface area (TPSA) is 21.3 Å². The number of likely N-dealkylation sites (N-methyl/N-ethyl adjacent to an activating group) is 1. The van der Waals surface area contributed by atoms with Gasteiger partial charge in [-0.15, -0.1) is 0 Å². The Balaban J connectivity index is 1.92. The quantitative estimate of drug-likeness (QED) is 0.827. The Morgan fingerprint density at radius 2 is 1.90 bits per heavy atom. The summed E-state index contributed by atoms with van der Waals surface area (Å²) in [4.78, 5) is 0. The van der Waals surface area contributed by atoms with E-state index < -0.39 is 0 Å². The summed E-state index contributed by atoms with van der Waals surface area (Å²) in [5, 5.41) is 3.24. The molecular formula is C17H20BrNO. The summed E-state index contributed by atoms with van der Waals surface area (Å²) in [6.07, 6.45) is 0. The highest BCUT2D eigenvalue weighted by atomic mass is 79.9. The highest BCUT2D eigenvalue weighted by Crippen LogP contribution is 2.20. The zero-order valence-corrected chi connectivity index (χ0v) is 13.3. The van der Waals surface area contributed by atoms with Gasteiger partial charge >= 0.3 is 0 Å². The Morgan fingerprint density at radius 3 is 2.60 bits per heavy atom. The minimum absolute atomic E-state index is 0.362. The van der Waals surface area contributed by atoms with Crippen LogP contribution in [0.2, 0.25) is 0 Å². The largest absolute Gasteiger partial charge is 0.376 e. The van der Waals surface area contributed by atoms with E-state index in [-0.39, 0.29) is 0 Å². The molecule has 0 saturated carbocycles. The van der Waals surface area contributed by atoms with Gasteiger partial charge in [-0.3, -0.25) is 0 Å². The minimum Gasteiger partial charge on any atom is -0.376 e. The molecule has 0 heterocycles. The third-order valence-corrected chi connectivity index (χ3v) is 3.69. The molecule has 2 aromatic rings. The van der Waals surface area contributed by atoms with E-state index in [1.807, 2.05) is 31.3 Å². The maximum atomic E-state index is 5.87. The van der Waals surface area contributed by atoms with Crippen LogP contribution >= 0.6 is 15.9 Å². The number of rotatable bonds is 7. The normalized spacial score (nSPS) is 12.3. The van der Waals surface area contributed by atoms with E-state index in [2.05, 4.69) is 51.6 Å². The first-order chi connectivity index (χ1) is 9.79. The highest BCUT2D eigenvalue weighted by Gasteiger charge is 2.11. The fraction of sp³-hybridized carbons (Fsp3) is 0.294. The first-order valence-electron chi connectivity index (χ1n) is 6.81. The fourth-order valence-electron chi connectivity index (χ4n) is 2.17. The predicted molar refractivity (Wildman–Crippen MR) is 86.9 cm³/mol. The van der Waals surface area contributed by atoms with Crippen LogP contribution in [0, 0.1) is 0 Å². The van der Waals surface area contributed by atoms with E-state index in [4.69, 9.17) is 4.74 Å². The minimum atomic E-state index is 0.362. The van der Waals surface area contributed by atoms with Crippen LogP contribution in [-0.2, 0) is 11.3 Å². The van der Waals surface area contributed by atoms with Gasteiger partial charge in [0.2, 0.25) is 0 Å². The third kappa shape index (κ3) is 4.75. The average molecular weight is 334 g/mol. The Bertz CT molecular complexity index is 515. The van der Waals surface area contributed by atoms with Crippen molar-refractivity contribution in [2.75, 3.05) is 20.2 Å². The van der Waals surface area contributed by atoms with E-state index in [0.29, 0.717) is 19.1 Å². The van der Waals surface area contributed by atoms with Crippen molar-refractivity contribution in [3.8, 4) is 0 Å². The molecule has 0 spiro atoms. The zero-order chi connectivity index (χ0) is 14.2. The van der Waals surface area contributed by atoms with Gasteiger partial charge in [0.1, 0.15) is 0 Å². The van der Waals surface area contributed by atoms with Crippen LogP contribution < -0.4 is 5.32 Å². The van der Waals surface area contributed by atoms with Crippen LogP contribution in [-0.4, -0.2) is 20.2 Å². The summed E-state index contributed by atoms with van der Waals surface area (Å²) in [5.74, 6) is 0.362. The van der Waals surface area contributed by atoms with Gasteiger partial charge in [0.25, 0.3) is 0 Å². The molecule has 0 aliphatic heterocycles. The summed E-state index contributed by atoms with van der Waals surface area (Å²) in [6.45, 7) is 2.28. The highest BCUT2D eigenvalue weighted by molar-refractivity contribution is 9.10. The molecule has 0 amide bonds. The summed E-state index contributed by atoms with van der Waals surface area (Å²) in [5.41, 5.74) is 2.51. The van der Waals surface area contributed by atoms with E-state index >= 15 is 0 Å². The van der Waals surface area contributed by atoms with Crippen LogP contribution in [0.15, 0.2) is 59.1 Å².